The summed E-state index contributed by atoms with van der Waals surface area (Å²) in [6.45, 7) is 15.6. The van der Waals surface area contributed by atoms with E-state index in [1.54, 1.807) is 0 Å². The van der Waals surface area contributed by atoms with Gasteiger partial charge in [0.1, 0.15) is 0 Å². The maximum Gasteiger partial charge on any atom is 0.241 e. The molecular weight excluding hydrogens is 438 g/mol. The Labute approximate surface area is 210 Å². The lowest BCUT2D eigenvalue weighted by Gasteiger charge is -2.31. The monoisotopic (exact) mass is 481 g/mol. The van der Waals surface area contributed by atoms with Crippen molar-refractivity contribution in [1.82, 2.24) is 25.3 Å². The first-order valence-corrected chi connectivity index (χ1v) is 13.4. The molecule has 192 valence electrons. The number of carbonyl (C=O) groups excluding carboxylic acids is 1. The highest BCUT2D eigenvalue weighted by Gasteiger charge is 2.26. The van der Waals surface area contributed by atoms with Crippen molar-refractivity contribution >= 4 is 5.91 Å². The first-order valence-electron chi connectivity index (χ1n) is 13.4. The Kier molecular flexibility index (Phi) is 8.60. The Hall–Kier alpha value is -2.25. The quantitative estimate of drug-likeness (QED) is 0.560. The number of hydrogen-bond donors (Lipinski definition) is 1. The molecule has 1 aromatic heterocycles. The van der Waals surface area contributed by atoms with Gasteiger partial charge < -0.3 is 14.7 Å². The highest BCUT2D eigenvalue weighted by molar-refractivity contribution is 5.78. The largest absolute Gasteiger partial charge is 0.356 e. The zero-order valence-corrected chi connectivity index (χ0v) is 22.1. The number of carbonyl (C=O) groups is 1. The van der Waals surface area contributed by atoms with Gasteiger partial charge in [-0.2, -0.15) is 4.98 Å². The molecule has 0 aliphatic carbocycles. The second-order valence-corrected chi connectivity index (χ2v) is 11.6. The van der Waals surface area contributed by atoms with Crippen LogP contribution < -0.4 is 5.32 Å². The first-order chi connectivity index (χ1) is 16.8. The molecule has 7 nitrogen and oxygen atoms in total. The second-order valence-electron chi connectivity index (χ2n) is 11.6. The van der Waals surface area contributed by atoms with Crippen molar-refractivity contribution < 1.29 is 9.32 Å². The SMILES string of the molecule is CC1CCN(CCCNC(=O)C2CCN(Cc3nc(-c4ccc(C(C)(C)C)cc4)no3)CC2)CC1. The minimum atomic E-state index is 0.113. The summed E-state index contributed by atoms with van der Waals surface area (Å²) >= 11 is 0. The molecule has 35 heavy (non-hydrogen) atoms. The predicted octanol–water partition coefficient (Wildman–Crippen LogP) is 4.48. The van der Waals surface area contributed by atoms with Crippen molar-refractivity contribution in [2.45, 2.75) is 71.8 Å². The molecule has 0 spiro atoms. The summed E-state index contributed by atoms with van der Waals surface area (Å²) in [6, 6.07) is 8.39. The lowest BCUT2D eigenvalue weighted by atomic mass is 9.87. The van der Waals surface area contributed by atoms with Crippen molar-refractivity contribution in [1.29, 1.82) is 0 Å². The van der Waals surface area contributed by atoms with E-state index in [4.69, 9.17) is 4.52 Å². The van der Waals surface area contributed by atoms with E-state index in [-0.39, 0.29) is 17.2 Å². The van der Waals surface area contributed by atoms with Crippen LogP contribution >= 0.6 is 0 Å². The number of rotatable bonds is 8. The molecule has 2 fully saturated rings. The van der Waals surface area contributed by atoms with Gasteiger partial charge in [-0.25, -0.2) is 0 Å². The van der Waals surface area contributed by atoms with E-state index < -0.39 is 0 Å². The van der Waals surface area contributed by atoms with E-state index in [1.165, 1.54) is 31.5 Å². The van der Waals surface area contributed by atoms with Gasteiger partial charge in [0.15, 0.2) is 0 Å². The molecule has 1 amide bonds. The van der Waals surface area contributed by atoms with Crippen LogP contribution in [0.2, 0.25) is 0 Å². The van der Waals surface area contributed by atoms with Crippen molar-refractivity contribution in [2.75, 3.05) is 39.3 Å². The van der Waals surface area contributed by atoms with Crippen LogP contribution in [-0.4, -0.2) is 65.1 Å². The Morgan fingerprint density at radius 2 is 1.69 bits per heavy atom. The lowest BCUT2D eigenvalue weighted by molar-refractivity contribution is -0.126. The van der Waals surface area contributed by atoms with Gasteiger partial charge in [-0.3, -0.25) is 9.69 Å². The molecule has 2 aliphatic rings. The van der Waals surface area contributed by atoms with E-state index in [1.807, 2.05) is 0 Å². The highest BCUT2D eigenvalue weighted by atomic mass is 16.5. The van der Waals surface area contributed by atoms with Gasteiger partial charge in [0.25, 0.3) is 0 Å². The van der Waals surface area contributed by atoms with Crippen LogP contribution in [0, 0.1) is 11.8 Å². The maximum atomic E-state index is 12.6. The van der Waals surface area contributed by atoms with Crippen molar-refractivity contribution in [3.8, 4) is 11.4 Å². The third-order valence-electron chi connectivity index (χ3n) is 7.62. The van der Waals surface area contributed by atoms with Crippen molar-refractivity contribution in [2.24, 2.45) is 11.8 Å². The molecule has 0 saturated carbocycles. The van der Waals surface area contributed by atoms with E-state index in [0.29, 0.717) is 18.3 Å². The zero-order valence-electron chi connectivity index (χ0n) is 22.1. The average Bonchev–Trinajstić information content (AvgIpc) is 3.31. The van der Waals surface area contributed by atoms with Crippen molar-refractivity contribution in [3.05, 3.63) is 35.7 Å². The zero-order chi connectivity index (χ0) is 24.8. The molecule has 0 bridgehead atoms. The molecule has 7 heteroatoms. The summed E-state index contributed by atoms with van der Waals surface area (Å²) in [6.07, 6.45) is 5.41. The molecule has 4 rings (SSSR count). The molecule has 0 atom stereocenters. The smallest absolute Gasteiger partial charge is 0.241 e. The Bertz CT molecular complexity index is 933. The fraction of sp³-hybridized carbons (Fsp3) is 0.679. The molecule has 2 aliphatic heterocycles. The molecule has 1 N–H and O–H groups in total. The van der Waals surface area contributed by atoms with Crippen LogP contribution in [0.15, 0.2) is 28.8 Å². The van der Waals surface area contributed by atoms with Crippen LogP contribution in [0.25, 0.3) is 11.4 Å². The first kappa shape index (κ1) is 25.8. The topological polar surface area (TPSA) is 74.5 Å². The molecule has 0 unspecified atom stereocenters. The van der Waals surface area contributed by atoms with Gasteiger partial charge in [0, 0.05) is 18.0 Å². The number of piperidine rings is 2. The fourth-order valence-corrected chi connectivity index (χ4v) is 5.04. The van der Waals surface area contributed by atoms with Crippen LogP contribution in [0.4, 0.5) is 0 Å². The van der Waals surface area contributed by atoms with E-state index in [0.717, 1.165) is 56.9 Å². The van der Waals surface area contributed by atoms with Gasteiger partial charge in [0.2, 0.25) is 17.6 Å². The third-order valence-corrected chi connectivity index (χ3v) is 7.62. The molecular formula is C28H43N5O2. The van der Waals surface area contributed by atoms with Crippen LogP contribution in [0.5, 0.6) is 0 Å². The minimum absolute atomic E-state index is 0.113. The lowest BCUT2D eigenvalue weighted by Crippen LogP contribution is -2.41. The average molecular weight is 482 g/mol. The second kappa shape index (κ2) is 11.7. The van der Waals surface area contributed by atoms with E-state index >= 15 is 0 Å². The Morgan fingerprint density at radius 1 is 1.03 bits per heavy atom. The summed E-state index contributed by atoms with van der Waals surface area (Å²) in [5, 5.41) is 7.36. The van der Waals surface area contributed by atoms with Gasteiger partial charge in [-0.05, 0) is 81.7 Å². The summed E-state index contributed by atoms with van der Waals surface area (Å²) in [4.78, 5) is 22.1. The number of benzene rings is 1. The van der Waals surface area contributed by atoms with Crippen LogP contribution in [-0.2, 0) is 16.8 Å². The number of amides is 1. The predicted molar refractivity (Wildman–Crippen MR) is 139 cm³/mol. The summed E-state index contributed by atoms with van der Waals surface area (Å²) in [7, 11) is 0. The van der Waals surface area contributed by atoms with Crippen LogP contribution in [0.1, 0.15) is 71.3 Å². The fourth-order valence-electron chi connectivity index (χ4n) is 5.04. The number of nitrogens with zero attached hydrogens (tertiary/aromatic N) is 4. The summed E-state index contributed by atoms with van der Waals surface area (Å²) < 4.78 is 5.53. The third kappa shape index (κ3) is 7.37. The van der Waals surface area contributed by atoms with Gasteiger partial charge >= 0.3 is 0 Å². The van der Waals surface area contributed by atoms with E-state index in [9.17, 15) is 4.79 Å². The molecule has 0 radical (unpaired) electrons. The molecule has 2 aromatic rings. The maximum absolute atomic E-state index is 12.6. The number of aromatic nitrogens is 2. The molecule has 1 aromatic carbocycles. The Morgan fingerprint density at radius 3 is 2.34 bits per heavy atom. The van der Waals surface area contributed by atoms with Gasteiger partial charge in [-0.1, -0.05) is 57.1 Å². The molecule has 3 heterocycles. The number of likely N-dealkylation sites (tertiary alicyclic amines) is 2. The highest BCUT2D eigenvalue weighted by Crippen LogP contribution is 2.25. The normalized spacial score (nSPS) is 19.2. The minimum Gasteiger partial charge on any atom is -0.356 e. The van der Waals surface area contributed by atoms with Crippen molar-refractivity contribution in [3.63, 3.8) is 0 Å². The van der Waals surface area contributed by atoms with Gasteiger partial charge in [0.05, 0.1) is 6.54 Å². The summed E-state index contributed by atoms with van der Waals surface area (Å²) in [5.41, 5.74) is 2.38. The van der Waals surface area contributed by atoms with Crippen LogP contribution in [0.3, 0.4) is 0 Å². The number of nitrogens with one attached hydrogen (secondary N) is 1. The Balaban J connectivity index is 1.16. The summed E-state index contributed by atoms with van der Waals surface area (Å²) in [5.74, 6) is 2.46. The number of hydrogen-bond acceptors (Lipinski definition) is 6. The van der Waals surface area contributed by atoms with Gasteiger partial charge in [-0.15, -0.1) is 0 Å². The standard InChI is InChI=1S/C28H43N5O2/c1-21-10-16-32(17-11-21)15-5-14-29-27(34)23-12-18-33(19-13-23)20-25-30-26(31-35-25)22-6-8-24(9-7-22)28(2,3)4/h6-9,21,23H,5,10-20H2,1-4H3,(H,29,34). The van der Waals surface area contributed by atoms with E-state index in [2.05, 4.69) is 77.2 Å². The molecule has 2 saturated heterocycles.